The molecule has 4 amide bonds. The van der Waals surface area contributed by atoms with E-state index in [1.807, 2.05) is 57.2 Å². The Morgan fingerprint density at radius 2 is 1.67 bits per heavy atom. The fraction of sp³-hybridized carbons (Fsp3) is 0.500. The smallest absolute Gasteiger partial charge is 0.412 e. The van der Waals surface area contributed by atoms with Gasteiger partial charge < -0.3 is 25.2 Å². The number of ether oxygens (including phenoxy) is 1. The number of likely N-dealkylation sites (N-methyl/N-ethyl adjacent to an activating group) is 1. The van der Waals surface area contributed by atoms with Gasteiger partial charge in [-0.15, -0.1) is 0 Å². The first kappa shape index (κ1) is 32.6. The van der Waals surface area contributed by atoms with Crippen LogP contribution in [0, 0.1) is 5.41 Å². The largest absolute Gasteiger partial charge is 0.439 e. The number of carbonyl (C=O) groups is 4. The van der Waals surface area contributed by atoms with Crippen LogP contribution in [0.2, 0.25) is 0 Å². The first-order valence-electron chi connectivity index (χ1n) is 14.6. The van der Waals surface area contributed by atoms with Crippen molar-refractivity contribution in [3.8, 4) is 0 Å². The third-order valence-electron chi connectivity index (χ3n) is 7.53. The molecule has 1 aliphatic rings. The molecule has 0 aromatic heterocycles. The van der Waals surface area contributed by atoms with Crippen LogP contribution in [0.3, 0.4) is 0 Å². The quantitative estimate of drug-likeness (QED) is 0.355. The zero-order valence-electron chi connectivity index (χ0n) is 25.4. The van der Waals surface area contributed by atoms with E-state index >= 15 is 0 Å². The first-order chi connectivity index (χ1) is 20.0. The first-order valence-corrected chi connectivity index (χ1v) is 14.6. The van der Waals surface area contributed by atoms with Gasteiger partial charge in [0.1, 0.15) is 6.04 Å². The number of nitrogens with one attached hydrogen (secondary N) is 3. The van der Waals surface area contributed by atoms with E-state index in [-0.39, 0.29) is 23.8 Å². The van der Waals surface area contributed by atoms with Crippen LogP contribution in [0.4, 0.5) is 10.5 Å². The van der Waals surface area contributed by atoms with E-state index in [0.29, 0.717) is 31.7 Å². The number of amides is 4. The van der Waals surface area contributed by atoms with Crippen molar-refractivity contribution in [3.63, 3.8) is 0 Å². The molecule has 3 N–H and O–H groups in total. The lowest BCUT2D eigenvalue weighted by molar-refractivity contribution is -0.142. The molecule has 3 rings (SSSR count). The van der Waals surface area contributed by atoms with E-state index in [9.17, 15) is 19.2 Å². The molecule has 10 nitrogen and oxygen atoms in total. The highest BCUT2D eigenvalue weighted by Gasteiger charge is 2.40. The zero-order chi connectivity index (χ0) is 30.7. The zero-order valence-corrected chi connectivity index (χ0v) is 25.4. The van der Waals surface area contributed by atoms with E-state index in [0.717, 1.165) is 18.4 Å². The van der Waals surface area contributed by atoms with Crippen molar-refractivity contribution in [1.82, 2.24) is 20.4 Å². The van der Waals surface area contributed by atoms with Gasteiger partial charge in [0.05, 0.1) is 6.04 Å². The van der Waals surface area contributed by atoms with Crippen LogP contribution < -0.4 is 16.0 Å². The summed E-state index contributed by atoms with van der Waals surface area (Å²) in [6, 6.07) is 17.3. The van der Waals surface area contributed by atoms with E-state index in [1.54, 1.807) is 48.0 Å². The molecule has 42 heavy (non-hydrogen) atoms. The molecule has 10 heteroatoms. The lowest BCUT2D eigenvalue weighted by Gasteiger charge is -2.37. The van der Waals surface area contributed by atoms with Crippen molar-refractivity contribution in [2.24, 2.45) is 5.41 Å². The van der Waals surface area contributed by atoms with Crippen LogP contribution in [0.1, 0.15) is 46.1 Å². The van der Waals surface area contributed by atoms with Crippen molar-refractivity contribution in [1.29, 1.82) is 0 Å². The second kappa shape index (κ2) is 15.3. The van der Waals surface area contributed by atoms with E-state index in [1.165, 1.54) is 0 Å². The van der Waals surface area contributed by atoms with Gasteiger partial charge in [-0.05, 0) is 56.3 Å². The summed E-state index contributed by atoms with van der Waals surface area (Å²) in [4.78, 5) is 55.8. The molecule has 1 aliphatic heterocycles. The van der Waals surface area contributed by atoms with Gasteiger partial charge in [0, 0.05) is 31.4 Å². The van der Waals surface area contributed by atoms with Gasteiger partial charge in [-0.1, -0.05) is 69.3 Å². The topological polar surface area (TPSA) is 120 Å². The predicted octanol–water partition coefficient (Wildman–Crippen LogP) is 3.44. The summed E-state index contributed by atoms with van der Waals surface area (Å²) in [5.41, 5.74) is 1.13. The van der Waals surface area contributed by atoms with Crippen molar-refractivity contribution < 1.29 is 23.9 Å². The summed E-state index contributed by atoms with van der Waals surface area (Å²) in [5.74, 6) is -0.736. The minimum absolute atomic E-state index is 0.157. The Hall–Kier alpha value is -3.92. The lowest BCUT2D eigenvalue weighted by atomic mass is 9.85. The molecular formula is C32H45N5O5. The van der Waals surface area contributed by atoms with Gasteiger partial charge in [0.15, 0.2) is 6.61 Å². The molecule has 0 radical (unpaired) electrons. The molecular weight excluding hydrogens is 534 g/mol. The van der Waals surface area contributed by atoms with Gasteiger partial charge in [0.25, 0.3) is 5.91 Å². The fourth-order valence-corrected chi connectivity index (χ4v) is 4.90. The molecule has 2 aromatic rings. The summed E-state index contributed by atoms with van der Waals surface area (Å²) in [5, 5.41) is 8.48. The highest BCUT2D eigenvalue weighted by Crippen LogP contribution is 2.26. The third-order valence-corrected chi connectivity index (χ3v) is 7.53. The average Bonchev–Trinajstić information content (AvgIpc) is 3.44. The number of likely N-dealkylation sites (tertiary alicyclic amines) is 1. The van der Waals surface area contributed by atoms with Crippen LogP contribution in [0.15, 0.2) is 60.7 Å². The summed E-state index contributed by atoms with van der Waals surface area (Å²) < 4.78 is 5.26. The Kier molecular flexibility index (Phi) is 11.9. The second-order valence-corrected chi connectivity index (χ2v) is 11.8. The molecule has 228 valence electrons. The van der Waals surface area contributed by atoms with Crippen molar-refractivity contribution in [2.45, 2.75) is 65.1 Å². The van der Waals surface area contributed by atoms with Gasteiger partial charge in [-0.3, -0.25) is 19.7 Å². The maximum atomic E-state index is 13.9. The minimum atomic E-state index is -0.722. The normalized spacial score (nSPS) is 16.3. The highest BCUT2D eigenvalue weighted by atomic mass is 16.6. The molecule has 0 spiro atoms. The number of carbonyl (C=O) groups excluding carboxylic acids is 4. The van der Waals surface area contributed by atoms with Crippen LogP contribution in [0.5, 0.6) is 0 Å². The molecule has 1 heterocycles. The Morgan fingerprint density at radius 1 is 1.02 bits per heavy atom. The van der Waals surface area contributed by atoms with Crippen molar-refractivity contribution in [3.05, 3.63) is 66.2 Å². The van der Waals surface area contributed by atoms with Crippen LogP contribution in [-0.2, 0) is 25.5 Å². The van der Waals surface area contributed by atoms with Crippen molar-refractivity contribution >= 4 is 29.5 Å². The van der Waals surface area contributed by atoms with Gasteiger partial charge in [-0.2, -0.15) is 0 Å². The molecule has 3 atom stereocenters. The SMILES string of the molecule is CN[C@@H](C)C(=O)N[C@H](C(=O)N1CCC[C@H]1CN(CCc1ccccc1)C(=O)COC(=O)Nc1ccccc1)C(C)(C)C. The fourth-order valence-electron chi connectivity index (χ4n) is 4.90. The highest BCUT2D eigenvalue weighted by molar-refractivity contribution is 5.90. The van der Waals surface area contributed by atoms with E-state index in [4.69, 9.17) is 4.74 Å². The van der Waals surface area contributed by atoms with Gasteiger partial charge in [0.2, 0.25) is 11.8 Å². The number of hydrogen-bond donors (Lipinski definition) is 3. The van der Waals surface area contributed by atoms with E-state index < -0.39 is 30.2 Å². The number of rotatable bonds is 12. The molecule has 2 aromatic carbocycles. The predicted molar refractivity (Wildman–Crippen MR) is 163 cm³/mol. The Morgan fingerprint density at radius 3 is 2.29 bits per heavy atom. The van der Waals surface area contributed by atoms with Crippen LogP contribution >= 0.6 is 0 Å². The molecule has 0 unspecified atom stereocenters. The summed E-state index contributed by atoms with van der Waals surface area (Å²) >= 11 is 0. The molecule has 0 bridgehead atoms. The Bertz CT molecular complexity index is 1180. The molecule has 0 saturated carbocycles. The van der Waals surface area contributed by atoms with E-state index in [2.05, 4.69) is 16.0 Å². The number of para-hydroxylation sites is 1. The minimum Gasteiger partial charge on any atom is -0.439 e. The number of benzene rings is 2. The van der Waals surface area contributed by atoms with Crippen LogP contribution in [-0.4, -0.2) is 85.0 Å². The Balaban J connectivity index is 1.72. The summed E-state index contributed by atoms with van der Waals surface area (Å²) in [6.07, 6.45) is 1.43. The lowest BCUT2D eigenvalue weighted by Crippen LogP contribution is -2.59. The van der Waals surface area contributed by atoms with Gasteiger partial charge in [-0.25, -0.2) is 4.79 Å². The monoisotopic (exact) mass is 579 g/mol. The average molecular weight is 580 g/mol. The maximum absolute atomic E-state index is 13.9. The number of anilines is 1. The number of hydrogen-bond acceptors (Lipinski definition) is 6. The molecule has 1 fully saturated rings. The Labute approximate surface area is 249 Å². The summed E-state index contributed by atoms with van der Waals surface area (Å²) in [6.45, 7) is 8.37. The second-order valence-electron chi connectivity index (χ2n) is 11.8. The van der Waals surface area contributed by atoms with Crippen LogP contribution in [0.25, 0.3) is 0 Å². The summed E-state index contributed by atoms with van der Waals surface area (Å²) in [7, 11) is 1.70. The maximum Gasteiger partial charge on any atom is 0.412 e. The number of nitrogens with zero attached hydrogens (tertiary/aromatic N) is 2. The van der Waals surface area contributed by atoms with Crippen molar-refractivity contribution in [2.75, 3.05) is 38.6 Å². The van der Waals surface area contributed by atoms with Gasteiger partial charge >= 0.3 is 6.09 Å². The molecule has 1 saturated heterocycles. The third kappa shape index (κ3) is 9.58. The standard InChI is InChI=1S/C32H45N5O5/c1-23(33-5)29(39)35-28(32(2,3)4)30(40)37-19-12-17-26(37)21-36(20-18-24-13-8-6-9-14-24)27(38)22-42-31(41)34-25-15-10-7-11-16-25/h6-11,13-16,23,26,28,33H,12,17-22H2,1-5H3,(H,34,41)(H,35,39)/t23-,26-,28+/m0/s1. The molecule has 0 aliphatic carbocycles.